The van der Waals surface area contributed by atoms with Gasteiger partial charge in [0.2, 0.25) is 11.7 Å². The SMILES string of the molecule is COCC(C)NC1=NC2CCCC(C(=O)NCC(c3cnc(C(F)(F)F)nc3)N3CCOCC3)C2C=C1. The predicted molar refractivity (Wildman–Crippen MR) is 131 cm³/mol. The van der Waals surface area contributed by atoms with Gasteiger partial charge >= 0.3 is 6.18 Å². The molecule has 37 heavy (non-hydrogen) atoms. The van der Waals surface area contributed by atoms with Crippen LogP contribution in [0.2, 0.25) is 0 Å². The molecule has 1 aliphatic carbocycles. The number of dihydropyridines is 1. The van der Waals surface area contributed by atoms with Crippen molar-refractivity contribution in [2.45, 2.75) is 50.5 Å². The summed E-state index contributed by atoms with van der Waals surface area (Å²) in [6.07, 6.45) is 4.40. The largest absolute Gasteiger partial charge is 0.451 e. The van der Waals surface area contributed by atoms with Crippen molar-refractivity contribution < 1.29 is 27.4 Å². The third kappa shape index (κ3) is 7.05. The smallest absolute Gasteiger partial charge is 0.383 e. The summed E-state index contributed by atoms with van der Waals surface area (Å²) < 4.78 is 49.5. The maximum Gasteiger partial charge on any atom is 0.451 e. The molecule has 0 bridgehead atoms. The van der Waals surface area contributed by atoms with E-state index in [2.05, 4.69) is 31.6 Å². The number of nitrogens with zero attached hydrogens (tertiary/aromatic N) is 4. The summed E-state index contributed by atoms with van der Waals surface area (Å²) in [4.78, 5) is 27.4. The van der Waals surface area contributed by atoms with Crippen LogP contribution in [0.3, 0.4) is 0 Å². The molecule has 2 N–H and O–H groups in total. The van der Waals surface area contributed by atoms with Crippen LogP contribution in [-0.4, -0.2) is 85.3 Å². The minimum absolute atomic E-state index is 0.00766. The molecule has 1 amide bonds. The van der Waals surface area contributed by atoms with Gasteiger partial charge < -0.3 is 20.1 Å². The van der Waals surface area contributed by atoms with Crippen molar-refractivity contribution in [3.05, 3.63) is 35.9 Å². The molecule has 4 rings (SSSR count). The number of fused-ring (bicyclic) bond motifs is 1. The van der Waals surface area contributed by atoms with E-state index in [4.69, 9.17) is 14.5 Å². The van der Waals surface area contributed by atoms with Gasteiger partial charge in [-0.3, -0.25) is 14.7 Å². The maximum absolute atomic E-state index is 13.4. The van der Waals surface area contributed by atoms with E-state index in [0.29, 0.717) is 38.5 Å². The molecule has 0 aromatic carbocycles. The highest BCUT2D eigenvalue weighted by Gasteiger charge is 2.38. The molecule has 1 aromatic rings. The molecule has 3 heterocycles. The lowest BCUT2D eigenvalue weighted by molar-refractivity contribution is -0.145. The van der Waals surface area contributed by atoms with Crippen LogP contribution in [0, 0.1) is 11.8 Å². The number of rotatable bonds is 8. The molecule has 1 saturated carbocycles. The van der Waals surface area contributed by atoms with Crippen LogP contribution < -0.4 is 10.6 Å². The van der Waals surface area contributed by atoms with Crippen LogP contribution in [0.25, 0.3) is 0 Å². The Balaban J connectivity index is 1.42. The average molecular weight is 525 g/mol. The van der Waals surface area contributed by atoms with Crippen molar-refractivity contribution in [2.75, 3.05) is 46.6 Å². The highest BCUT2D eigenvalue weighted by Crippen LogP contribution is 2.35. The van der Waals surface area contributed by atoms with Gasteiger partial charge in [0.25, 0.3) is 0 Å². The van der Waals surface area contributed by atoms with Gasteiger partial charge in [-0.2, -0.15) is 13.2 Å². The number of nitrogens with one attached hydrogen (secondary N) is 2. The zero-order valence-corrected chi connectivity index (χ0v) is 21.2. The van der Waals surface area contributed by atoms with Crippen molar-refractivity contribution in [2.24, 2.45) is 16.8 Å². The standard InChI is InChI=1S/C25H35F3N6O3/c1-16(15-36-2)32-22-7-6-18-19(4-3-5-20(18)33-22)23(35)29-14-21(34-8-10-37-11-9-34)17-12-30-24(31-13-17)25(26,27)28/h6-7,12-13,16,18-21H,3-5,8-11,14-15H2,1-2H3,(H,29,35)(H,32,33). The molecule has 5 atom stereocenters. The van der Waals surface area contributed by atoms with E-state index in [0.717, 1.165) is 25.1 Å². The normalized spacial score (nSPS) is 26.1. The summed E-state index contributed by atoms with van der Waals surface area (Å²) in [5, 5.41) is 6.42. The molecule has 0 spiro atoms. The first-order chi connectivity index (χ1) is 17.8. The third-order valence-electron chi connectivity index (χ3n) is 7.12. The number of hydrogen-bond acceptors (Lipinski definition) is 8. The van der Waals surface area contributed by atoms with Gasteiger partial charge in [0.15, 0.2) is 0 Å². The van der Waals surface area contributed by atoms with Crippen LogP contribution in [0.1, 0.15) is 43.6 Å². The lowest BCUT2D eigenvalue weighted by Crippen LogP contribution is -2.47. The number of methoxy groups -OCH3 is 1. The van der Waals surface area contributed by atoms with Crippen LogP contribution in [0.4, 0.5) is 13.2 Å². The molecule has 0 radical (unpaired) electrons. The monoisotopic (exact) mass is 524 g/mol. The quantitative estimate of drug-likeness (QED) is 0.539. The highest BCUT2D eigenvalue weighted by molar-refractivity contribution is 5.94. The molecule has 12 heteroatoms. The first kappa shape index (κ1) is 27.5. The topological polar surface area (TPSA) is 101 Å². The first-order valence-electron chi connectivity index (χ1n) is 12.8. The van der Waals surface area contributed by atoms with E-state index in [9.17, 15) is 18.0 Å². The fraction of sp³-hybridized carbons (Fsp3) is 0.680. The molecule has 1 saturated heterocycles. The number of amidine groups is 1. The molecular formula is C25H35F3N6O3. The average Bonchev–Trinajstić information content (AvgIpc) is 2.88. The predicted octanol–water partition coefficient (Wildman–Crippen LogP) is 2.36. The van der Waals surface area contributed by atoms with Gasteiger partial charge in [0.05, 0.1) is 31.9 Å². The Labute approximate surface area is 214 Å². The van der Waals surface area contributed by atoms with Gasteiger partial charge in [-0.25, -0.2) is 9.97 Å². The minimum Gasteiger partial charge on any atom is -0.383 e. The van der Waals surface area contributed by atoms with E-state index in [1.807, 2.05) is 13.0 Å². The van der Waals surface area contributed by atoms with Gasteiger partial charge in [0.1, 0.15) is 5.84 Å². The zero-order valence-electron chi connectivity index (χ0n) is 21.2. The van der Waals surface area contributed by atoms with Gasteiger partial charge in [-0.15, -0.1) is 0 Å². The number of amides is 1. The lowest BCUT2D eigenvalue weighted by atomic mass is 9.74. The summed E-state index contributed by atoms with van der Waals surface area (Å²) in [7, 11) is 1.66. The maximum atomic E-state index is 13.4. The van der Waals surface area contributed by atoms with Gasteiger partial charge in [-0.1, -0.05) is 12.5 Å². The van der Waals surface area contributed by atoms with E-state index in [-0.39, 0.29) is 42.4 Å². The van der Waals surface area contributed by atoms with E-state index in [1.54, 1.807) is 7.11 Å². The second kappa shape index (κ2) is 12.3. The Hall–Kier alpha value is -2.57. The Morgan fingerprint density at radius 2 is 1.97 bits per heavy atom. The number of carbonyl (C=O) groups is 1. The zero-order chi connectivity index (χ0) is 26.4. The summed E-state index contributed by atoms with van der Waals surface area (Å²) >= 11 is 0. The number of aromatic nitrogens is 2. The number of ether oxygens (including phenoxy) is 2. The number of aliphatic imine (C=N–C) groups is 1. The number of morpholine rings is 1. The van der Waals surface area contributed by atoms with Crippen molar-refractivity contribution >= 4 is 11.7 Å². The van der Waals surface area contributed by atoms with E-state index < -0.39 is 12.0 Å². The second-order valence-corrected chi connectivity index (χ2v) is 9.80. The van der Waals surface area contributed by atoms with Crippen molar-refractivity contribution in [1.82, 2.24) is 25.5 Å². The van der Waals surface area contributed by atoms with Crippen molar-refractivity contribution in [3.8, 4) is 0 Å². The van der Waals surface area contributed by atoms with Crippen LogP contribution >= 0.6 is 0 Å². The van der Waals surface area contributed by atoms with Crippen molar-refractivity contribution in [3.63, 3.8) is 0 Å². The fourth-order valence-corrected chi connectivity index (χ4v) is 5.30. The second-order valence-electron chi connectivity index (χ2n) is 9.80. The highest BCUT2D eigenvalue weighted by atomic mass is 19.4. The lowest BCUT2D eigenvalue weighted by Gasteiger charge is -2.37. The Morgan fingerprint density at radius 1 is 1.24 bits per heavy atom. The molecule has 2 aliphatic heterocycles. The Kier molecular flexibility index (Phi) is 9.14. The molecule has 1 aromatic heterocycles. The summed E-state index contributed by atoms with van der Waals surface area (Å²) in [6.45, 7) is 5.07. The minimum atomic E-state index is -4.61. The molecule has 2 fully saturated rings. The third-order valence-corrected chi connectivity index (χ3v) is 7.12. The fourth-order valence-electron chi connectivity index (χ4n) is 5.30. The molecule has 204 valence electrons. The van der Waals surface area contributed by atoms with Crippen molar-refractivity contribution in [1.29, 1.82) is 0 Å². The Morgan fingerprint density at radius 3 is 2.65 bits per heavy atom. The summed E-state index contributed by atoms with van der Waals surface area (Å²) in [5.41, 5.74) is 0.528. The number of hydrogen-bond donors (Lipinski definition) is 2. The van der Waals surface area contributed by atoms with E-state index in [1.165, 1.54) is 12.4 Å². The van der Waals surface area contributed by atoms with E-state index >= 15 is 0 Å². The molecular weight excluding hydrogens is 489 g/mol. The molecule has 9 nitrogen and oxygen atoms in total. The first-order valence-corrected chi connectivity index (χ1v) is 12.8. The summed E-state index contributed by atoms with van der Waals surface area (Å²) in [6, 6.07) is -0.198. The Bertz CT molecular complexity index is 965. The van der Waals surface area contributed by atoms with Gasteiger partial charge in [-0.05, 0) is 25.8 Å². The van der Waals surface area contributed by atoms with Crippen LogP contribution in [0.15, 0.2) is 29.5 Å². The number of alkyl halides is 3. The number of halogens is 3. The molecule has 3 aliphatic rings. The van der Waals surface area contributed by atoms with Crippen LogP contribution in [-0.2, 0) is 20.4 Å². The van der Waals surface area contributed by atoms with Crippen LogP contribution in [0.5, 0.6) is 0 Å². The van der Waals surface area contributed by atoms with Gasteiger partial charge in [0, 0.05) is 62.6 Å². The molecule has 5 unspecified atom stereocenters. The summed E-state index contributed by atoms with van der Waals surface area (Å²) in [5.74, 6) is -0.644. The number of carbonyl (C=O) groups excluding carboxylic acids is 1.